The minimum Gasteiger partial charge on any atom is -0.399 e. The lowest BCUT2D eigenvalue weighted by Gasteiger charge is -2.22. The predicted octanol–water partition coefficient (Wildman–Crippen LogP) is 1.01. The molecule has 1 aromatic carbocycles. The highest BCUT2D eigenvalue weighted by molar-refractivity contribution is 5.92. The van der Waals surface area contributed by atoms with Crippen LogP contribution in [0.15, 0.2) is 24.3 Å². The molecule has 0 unspecified atom stereocenters. The molecule has 6 heteroatoms. The number of anilines is 2. The van der Waals surface area contributed by atoms with E-state index in [1.165, 1.54) is 0 Å². The Hall–Kier alpha value is -2.08. The van der Waals surface area contributed by atoms with Crippen LogP contribution in [-0.4, -0.2) is 54.8 Å². The summed E-state index contributed by atoms with van der Waals surface area (Å²) in [4.78, 5) is 27.3. The second kappa shape index (κ2) is 8.26. The molecule has 0 aromatic heterocycles. The van der Waals surface area contributed by atoms with Gasteiger partial charge in [-0.15, -0.1) is 0 Å². The third kappa shape index (κ3) is 5.83. The van der Waals surface area contributed by atoms with Crippen molar-refractivity contribution in [2.75, 3.05) is 44.3 Å². The number of nitrogens with two attached hydrogens (primary N) is 1. The van der Waals surface area contributed by atoms with Gasteiger partial charge in [-0.25, -0.2) is 0 Å². The molecule has 0 heterocycles. The van der Waals surface area contributed by atoms with Gasteiger partial charge < -0.3 is 16.0 Å². The van der Waals surface area contributed by atoms with Crippen molar-refractivity contribution < 1.29 is 9.59 Å². The van der Waals surface area contributed by atoms with Crippen molar-refractivity contribution in [3.8, 4) is 0 Å². The van der Waals surface area contributed by atoms with E-state index in [0.29, 0.717) is 24.5 Å². The number of hydrogen-bond donors (Lipinski definition) is 2. The van der Waals surface area contributed by atoms with Gasteiger partial charge in [-0.05, 0) is 45.2 Å². The summed E-state index contributed by atoms with van der Waals surface area (Å²) >= 11 is 0. The van der Waals surface area contributed by atoms with Gasteiger partial charge in [0, 0.05) is 24.5 Å². The van der Waals surface area contributed by atoms with Crippen molar-refractivity contribution >= 4 is 23.2 Å². The van der Waals surface area contributed by atoms with E-state index < -0.39 is 0 Å². The van der Waals surface area contributed by atoms with Crippen LogP contribution < -0.4 is 11.1 Å². The maximum Gasteiger partial charge on any atom is 0.238 e. The number of nitrogens with one attached hydrogen (secondary N) is 1. The molecule has 1 rings (SSSR count). The number of nitrogen functional groups attached to an aromatic ring is 1. The SMILES string of the molecule is CCN(CC)C(=O)CN(C)CC(=O)Nc1ccc(N)cc1. The van der Waals surface area contributed by atoms with Crippen LogP contribution in [0, 0.1) is 0 Å². The number of amides is 2. The zero-order valence-corrected chi connectivity index (χ0v) is 12.9. The summed E-state index contributed by atoms with van der Waals surface area (Å²) in [6.07, 6.45) is 0. The Morgan fingerprint density at radius 1 is 1.10 bits per heavy atom. The molecular weight excluding hydrogens is 268 g/mol. The molecule has 0 aliphatic heterocycles. The molecule has 2 amide bonds. The molecule has 0 atom stereocenters. The molecular formula is C15H24N4O2. The van der Waals surface area contributed by atoms with Gasteiger partial charge in [0.25, 0.3) is 0 Å². The predicted molar refractivity (Wildman–Crippen MR) is 84.9 cm³/mol. The molecule has 0 fully saturated rings. The highest BCUT2D eigenvalue weighted by Crippen LogP contribution is 2.10. The number of carbonyl (C=O) groups excluding carboxylic acids is 2. The summed E-state index contributed by atoms with van der Waals surface area (Å²) in [6.45, 7) is 5.64. The summed E-state index contributed by atoms with van der Waals surface area (Å²) in [6, 6.07) is 6.94. The van der Waals surface area contributed by atoms with Gasteiger partial charge in [0.1, 0.15) is 0 Å². The molecule has 21 heavy (non-hydrogen) atoms. The van der Waals surface area contributed by atoms with Gasteiger partial charge >= 0.3 is 0 Å². The normalized spacial score (nSPS) is 10.5. The van der Waals surface area contributed by atoms with E-state index in [4.69, 9.17) is 5.73 Å². The van der Waals surface area contributed by atoms with Crippen LogP contribution in [0.3, 0.4) is 0 Å². The Morgan fingerprint density at radius 2 is 1.67 bits per heavy atom. The first-order valence-corrected chi connectivity index (χ1v) is 7.08. The molecule has 1 aromatic rings. The van der Waals surface area contributed by atoms with Crippen molar-refractivity contribution in [1.82, 2.24) is 9.80 Å². The lowest BCUT2D eigenvalue weighted by molar-refractivity contribution is -0.132. The van der Waals surface area contributed by atoms with Gasteiger partial charge in [0.05, 0.1) is 13.1 Å². The lowest BCUT2D eigenvalue weighted by atomic mass is 10.3. The van der Waals surface area contributed by atoms with Crippen LogP contribution in [0.4, 0.5) is 11.4 Å². The van der Waals surface area contributed by atoms with E-state index in [0.717, 1.165) is 0 Å². The number of rotatable bonds is 7. The first-order valence-electron chi connectivity index (χ1n) is 7.08. The molecule has 0 aliphatic rings. The first kappa shape index (κ1) is 17.0. The zero-order chi connectivity index (χ0) is 15.8. The van der Waals surface area contributed by atoms with E-state index in [1.54, 1.807) is 41.1 Å². The molecule has 0 bridgehead atoms. The van der Waals surface area contributed by atoms with Crippen LogP contribution >= 0.6 is 0 Å². The van der Waals surface area contributed by atoms with E-state index in [-0.39, 0.29) is 24.9 Å². The molecule has 0 spiro atoms. The molecule has 0 aliphatic carbocycles. The third-order valence-corrected chi connectivity index (χ3v) is 3.13. The van der Waals surface area contributed by atoms with Gasteiger partial charge in [-0.2, -0.15) is 0 Å². The maximum atomic E-state index is 11.9. The largest absolute Gasteiger partial charge is 0.399 e. The van der Waals surface area contributed by atoms with Crippen molar-refractivity contribution in [2.24, 2.45) is 0 Å². The Bertz CT molecular complexity index is 469. The second-order valence-corrected chi connectivity index (χ2v) is 4.91. The number of nitrogens with zero attached hydrogens (tertiary/aromatic N) is 2. The zero-order valence-electron chi connectivity index (χ0n) is 12.9. The highest BCUT2D eigenvalue weighted by Gasteiger charge is 2.14. The average molecular weight is 292 g/mol. The van der Waals surface area contributed by atoms with Crippen LogP contribution in [0.2, 0.25) is 0 Å². The average Bonchev–Trinajstić information content (AvgIpc) is 2.42. The molecule has 116 valence electrons. The summed E-state index contributed by atoms with van der Waals surface area (Å²) in [5.41, 5.74) is 6.92. The fourth-order valence-corrected chi connectivity index (χ4v) is 1.98. The van der Waals surface area contributed by atoms with E-state index in [9.17, 15) is 9.59 Å². The summed E-state index contributed by atoms with van der Waals surface area (Å²) in [5.74, 6) is -0.127. The monoisotopic (exact) mass is 292 g/mol. The van der Waals surface area contributed by atoms with Gasteiger partial charge in [0.15, 0.2) is 0 Å². The number of likely N-dealkylation sites (N-methyl/N-ethyl adjacent to an activating group) is 2. The van der Waals surface area contributed by atoms with Crippen molar-refractivity contribution in [2.45, 2.75) is 13.8 Å². The summed E-state index contributed by atoms with van der Waals surface area (Å²) in [7, 11) is 1.75. The van der Waals surface area contributed by atoms with Crippen molar-refractivity contribution in [3.63, 3.8) is 0 Å². The minimum atomic E-state index is -0.158. The Morgan fingerprint density at radius 3 is 2.19 bits per heavy atom. The Kier molecular flexibility index (Phi) is 6.68. The van der Waals surface area contributed by atoms with Crippen molar-refractivity contribution in [1.29, 1.82) is 0 Å². The number of carbonyl (C=O) groups is 2. The smallest absolute Gasteiger partial charge is 0.238 e. The molecule has 6 nitrogen and oxygen atoms in total. The fourth-order valence-electron chi connectivity index (χ4n) is 1.98. The topological polar surface area (TPSA) is 78.7 Å². The molecule has 0 radical (unpaired) electrons. The van der Waals surface area contributed by atoms with Gasteiger partial charge in [-0.3, -0.25) is 14.5 Å². The van der Waals surface area contributed by atoms with Gasteiger partial charge in [0.2, 0.25) is 11.8 Å². The van der Waals surface area contributed by atoms with Crippen LogP contribution in [0.25, 0.3) is 0 Å². The summed E-state index contributed by atoms with van der Waals surface area (Å²) in [5, 5.41) is 2.77. The molecule has 0 saturated heterocycles. The standard InChI is InChI=1S/C15H24N4O2/c1-4-19(5-2)15(21)11-18(3)10-14(20)17-13-8-6-12(16)7-9-13/h6-9H,4-5,10-11,16H2,1-3H3,(H,17,20). The first-order chi connectivity index (χ1) is 9.96. The third-order valence-electron chi connectivity index (χ3n) is 3.13. The van der Waals surface area contributed by atoms with E-state index >= 15 is 0 Å². The maximum absolute atomic E-state index is 11.9. The van der Waals surface area contributed by atoms with Crippen molar-refractivity contribution in [3.05, 3.63) is 24.3 Å². The van der Waals surface area contributed by atoms with Crippen LogP contribution in [-0.2, 0) is 9.59 Å². The molecule has 0 saturated carbocycles. The minimum absolute atomic E-state index is 0.0304. The fraction of sp³-hybridized carbons (Fsp3) is 0.467. The van der Waals surface area contributed by atoms with E-state index in [2.05, 4.69) is 5.32 Å². The highest BCUT2D eigenvalue weighted by atomic mass is 16.2. The Labute approximate surface area is 125 Å². The lowest BCUT2D eigenvalue weighted by Crippen LogP contribution is -2.41. The quantitative estimate of drug-likeness (QED) is 0.735. The van der Waals surface area contributed by atoms with Crippen LogP contribution in [0.5, 0.6) is 0 Å². The van der Waals surface area contributed by atoms with Crippen LogP contribution in [0.1, 0.15) is 13.8 Å². The summed E-state index contributed by atoms with van der Waals surface area (Å²) < 4.78 is 0. The number of benzene rings is 1. The second-order valence-electron chi connectivity index (χ2n) is 4.91. The van der Waals surface area contributed by atoms with E-state index in [1.807, 2.05) is 13.8 Å². The molecule has 3 N–H and O–H groups in total. The number of hydrogen-bond acceptors (Lipinski definition) is 4. The Balaban J connectivity index is 2.43. The van der Waals surface area contributed by atoms with Gasteiger partial charge in [-0.1, -0.05) is 0 Å².